The lowest BCUT2D eigenvalue weighted by molar-refractivity contribution is -0.116. The highest BCUT2D eigenvalue weighted by Crippen LogP contribution is 2.35. The van der Waals surface area contributed by atoms with E-state index in [-0.39, 0.29) is 17.6 Å². The molecule has 28 heavy (non-hydrogen) atoms. The molecule has 0 radical (unpaired) electrons. The molecule has 3 nitrogen and oxygen atoms in total. The highest BCUT2D eigenvalue weighted by atomic mass is 19.1. The van der Waals surface area contributed by atoms with Crippen LogP contribution in [0.25, 0.3) is 11.1 Å². The molecule has 4 heteroatoms. The molecule has 0 aliphatic carbocycles. The Morgan fingerprint density at radius 1 is 1.07 bits per heavy atom. The molecular formula is C24H23FN2O. The second kappa shape index (κ2) is 7.93. The van der Waals surface area contributed by atoms with E-state index in [1.165, 1.54) is 12.1 Å². The Bertz CT molecular complexity index is 998. The lowest BCUT2D eigenvalue weighted by atomic mass is 9.87. The van der Waals surface area contributed by atoms with Crippen molar-refractivity contribution in [3.05, 3.63) is 83.4 Å². The van der Waals surface area contributed by atoms with Crippen molar-refractivity contribution < 1.29 is 9.18 Å². The van der Waals surface area contributed by atoms with Gasteiger partial charge in [-0.3, -0.25) is 9.78 Å². The van der Waals surface area contributed by atoms with E-state index in [4.69, 9.17) is 0 Å². The Kier molecular flexibility index (Phi) is 5.20. The summed E-state index contributed by atoms with van der Waals surface area (Å²) in [6.45, 7) is 2.03. The average molecular weight is 374 g/mol. The molecule has 2 aromatic carbocycles. The Hall–Kier alpha value is -3.01. The van der Waals surface area contributed by atoms with Crippen LogP contribution in [0, 0.1) is 12.7 Å². The van der Waals surface area contributed by atoms with Crippen LogP contribution in [0.3, 0.4) is 0 Å². The summed E-state index contributed by atoms with van der Waals surface area (Å²) in [4.78, 5) is 17.0. The second-order valence-corrected chi connectivity index (χ2v) is 7.42. The quantitative estimate of drug-likeness (QED) is 0.581. The minimum Gasteiger partial charge on any atom is -0.326 e. The van der Waals surface area contributed by atoms with E-state index >= 15 is 0 Å². The first-order valence-corrected chi connectivity index (χ1v) is 9.72. The smallest absolute Gasteiger partial charge is 0.224 e. The van der Waals surface area contributed by atoms with E-state index in [1.54, 1.807) is 6.07 Å². The number of carbonyl (C=O) groups is 1. The Morgan fingerprint density at radius 2 is 1.96 bits per heavy atom. The van der Waals surface area contributed by atoms with Gasteiger partial charge in [0.05, 0.1) is 0 Å². The van der Waals surface area contributed by atoms with E-state index in [2.05, 4.69) is 34.6 Å². The highest BCUT2D eigenvalue weighted by Gasteiger charge is 2.19. The number of anilines is 1. The predicted octanol–water partition coefficient (Wildman–Crippen LogP) is 5.84. The van der Waals surface area contributed by atoms with Gasteiger partial charge in [-0.2, -0.15) is 0 Å². The molecule has 0 fully saturated rings. The number of amides is 1. The first kappa shape index (κ1) is 18.4. The van der Waals surface area contributed by atoms with Crippen molar-refractivity contribution in [3.63, 3.8) is 0 Å². The molecule has 0 saturated heterocycles. The minimum absolute atomic E-state index is 0.0328. The van der Waals surface area contributed by atoms with Gasteiger partial charge in [0.25, 0.3) is 0 Å². The molecule has 0 spiro atoms. The third-order valence-electron chi connectivity index (χ3n) is 5.29. The van der Waals surface area contributed by atoms with Crippen LogP contribution in [0.15, 0.2) is 60.8 Å². The number of halogens is 1. The van der Waals surface area contributed by atoms with Gasteiger partial charge in [0.15, 0.2) is 0 Å². The van der Waals surface area contributed by atoms with Crippen molar-refractivity contribution in [1.29, 1.82) is 0 Å². The van der Waals surface area contributed by atoms with Crippen molar-refractivity contribution in [3.8, 4) is 11.1 Å². The number of hydrogen-bond acceptors (Lipinski definition) is 2. The fraction of sp³-hybridized carbons (Fsp3) is 0.250. The summed E-state index contributed by atoms with van der Waals surface area (Å²) < 4.78 is 14.0. The van der Waals surface area contributed by atoms with Gasteiger partial charge in [0.2, 0.25) is 5.91 Å². The van der Waals surface area contributed by atoms with Gasteiger partial charge in [-0.15, -0.1) is 0 Å². The SMILES string of the molecule is Cc1ccc(C2CCCCC(=O)Nc3ccc(F)cc3-c3cccc2c3)nc1. The fourth-order valence-corrected chi connectivity index (χ4v) is 3.80. The Balaban J connectivity index is 1.83. The Labute approximate surface area is 164 Å². The summed E-state index contributed by atoms with van der Waals surface area (Å²) in [6.07, 6.45) is 5.02. The highest BCUT2D eigenvalue weighted by molar-refractivity contribution is 5.95. The fourth-order valence-electron chi connectivity index (χ4n) is 3.80. The third kappa shape index (κ3) is 3.96. The number of rotatable bonds is 1. The lowest BCUT2D eigenvalue weighted by Crippen LogP contribution is -2.13. The number of carbonyl (C=O) groups excluding carboxylic acids is 1. The van der Waals surface area contributed by atoms with Crippen LogP contribution in [-0.2, 0) is 4.79 Å². The van der Waals surface area contributed by atoms with E-state index in [9.17, 15) is 9.18 Å². The first-order valence-electron chi connectivity index (χ1n) is 9.72. The summed E-state index contributed by atoms with van der Waals surface area (Å²) in [5.74, 6) is -0.197. The number of fused-ring (bicyclic) bond motifs is 4. The molecule has 2 bridgehead atoms. The number of benzene rings is 2. The number of aryl methyl sites for hydroxylation is 1. The molecule has 1 amide bonds. The molecule has 1 N–H and O–H groups in total. The summed E-state index contributed by atoms with van der Waals surface area (Å²) in [6, 6.07) is 16.8. The molecule has 1 atom stereocenters. The van der Waals surface area contributed by atoms with Crippen LogP contribution in [0.1, 0.15) is 48.4 Å². The zero-order valence-corrected chi connectivity index (χ0v) is 15.9. The Morgan fingerprint density at radius 3 is 2.79 bits per heavy atom. The molecule has 2 heterocycles. The van der Waals surface area contributed by atoms with Gasteiger partial charge >= 0.3 is 0 Å². The van der Waals surface area contributed by atoms with E-state index < -0.39 is 0 Å². The maximum atomic E-state index is 14.0. The first-order chi connectivity index (χ1) is 13.6. The van der Waals surface area contributed by atoms with Gasteiger partial charge in [-0.25, -0.2) is 4.39 Å². The van der Waals surface area contributed by atoms with Crippen molar-refractivity contribution in [1.82, 2.24) is 4.98 Å². The predicted molar refractivity (Wildman–Crippen MR) is 110 cm³/mol. The van der Waals surface area contributed by atoms with Crippen molar-refractivity contribution in [2.75, 3.05) is 5.32 Å². The van der Waals surface area contributed by atoms with Crippen molar-refractivity contribution >= 4 is 11.6 Å². The lowest BCUT2D eigenvalue weighted by Gasteiger charge is -2.20. The largest absolute Gasteiger partial charge is 0.326 e. The molecular weight excluding hydrogens is 351 g/mol. The normalized spacial score (nSPS) is 17.1. The van der Waals surface area contributed by atoms with Crippen LogP contribution in [0.5, 0.6) is 0 Å². The molecule has 1 aliphatic rings. The zero-order chi connectivity index (χ0) is 19.5. The van der Waals surface area contributed by atoms with Crippen molar-refractivity contribution in [2.24, 2.45) is 0 Å². The van der Waals surface area contributed by atoms with Crippen LogP contribution >= 0.6 is 0 Å². The number of nitrogens with one attached hydrogen (secondary N) is 1. The van der Waals surface area contributed by atoms with E-state index in [0.717, 1.165) is 41.6 Å². The molecule has 3 aromatic rings. The molecule has 0 saturated carbocycles. The van der Waals surface area contributed by atoms with Crippen LogP contribution in [-0.4, -0.2) is 10.9 Å². The van der Waals surface area contributed by atoms with E-state index in [0.29, 0.717) is 17.7 Å². The van der Waals surface area contributed by atoms with Gasteiger partial charge in [-0.05, 0) is 60.7 Å². The second-order valence-electron chi connectivity index (χ2n) is 7.42. The van der Waals surface area contributed by atoms with Gasteiger partial charge in [-0.1, -0.05) is 36.8 Å². The molecule has 1 unspecified atom stereocenters. The zero-order valence-electron chi connectivity index (χ0n) is 15.9. The summed E-state index contributed by atoms with van der Waals surface area (Å²) in [7, 11) is 0. The number of hydrogen-bond donors (Lipinski definition) is 1. The van der Waals surface area contributed by atoms with Crippen LogP contribution in [0.2, 0.25) is 0 Å². The molecule has 142 valence electrons. The maximum Gasteiger partial charge on any atom is 0.224 e. The third-order valence-corrected chi connectivity index (χ3v) is 5.29. The molecule has 4 rings (SSSR count). The van der Waals surface area contributed by atoms with E-state index in [1.807, 2.05) is 25.3 Å². The minimum atomic E-state index is -0.317. The number of pyridine rings is 1. The van der Waals surface area contributed by atoms with Gasteiger partial charge < -0.3 is 5.32 Å². The van der Waals surface area contributed by atoms with Crippen LogP contribution < -0.4 is 5.32 Å². The number of nitrogens with zero attached hydrogens (tertiary/aromatic N) is 1. The summed E-state index contributed by atoms with van der Waals surface area (Å²) >= 11 is 0. The topological polar surface area (TPSA) is 42.0 Å². The summed E-state index contributed by atoms with van der Waals surface area (Å²) in [5, 5.41) is 2.95. The number of aromatic nitrogens is 1. The molecule has 1 aliphatic heterocycles. The standard InChI is InChI=1S/C24H23FN2O/c1-16-9-11-22(26-15-16)20-7-2-3-8-24(28)27-23-12-10-19(25)14-21(23)18-6-4-5-17(20)13-18/h4-6,9-15,20H,2-3,7-8H2,1H3,(H,27,28). The molecule has 1 aromatic heterocycles. The monoisotopic (exact) mass is 374 g/mol. The van der Waals surface area contributed by atoms with Crippen LogP contribution in [0.4, 0.5) is 10.1 Å². The summed E-state index contributed by atoms with van der Waals surface area (Å²) in [5.41, 5.74) is 5.57. The average Bonchev–Trinajstić information content (AvgIpc) is 2.70. The maximum absolute atomic E-state index is 14.0. The van der Waals surface area contributed by atoms with Crippen molar-refractivity contribution in [2.45, 2.75) is 38.5 Å². The van der Waals surface area contributed by atoms with Gasteiger partial charge in [0.1, 0.15) is 5.82 Å². The van der Waals surface area contributed by atoms with Gasteiger partial charge in [0, 0.05) is 35.5 Å².